The Hall–Kier alpha value is -7.37. The van der Waals surface area contributed by atoms with E-state index in [4.69, 9.17) is 4.98 Å². The molecule has 0 unspecified atom stereocenters. The van der Waals surface area contributed by atoms with E-state index in [0.717, 1.165) is 45.0 Å². The normalized spacial score (nSPS) is 11.2. The third kappa shape index (κ3) is 11.5. The van der Waals surface area contributed by atoms with E-state index < -0.39 is 0 Å². The second-order valence-electron chi connectivity index (χ2n) is 19.3. The molecule has 0 aliphatic heterocycles. The molecule has 4 aromatic heterocycles. The summed E-state index contributed by atoms with van der Waals surface area (Å²) >= 11 is 0. The van der Waals surface area contributed by atoms with Crippen molar-refractivity contribution in [3.05, 3.63) is 229 Å². The fourth-order valence-corrected chi connectivity index (χ4v) is 9.35. The van der Waals surface area contributed by atoms with Gasteiger partial charge in [-0.3, -0.25) is 15.0 Å². The van der Waals surface area contributed by atoms with Crippen LogP contribution in [0.2, 0.25) is 0 Å². The summed E-state index contributed by atoms with van der Waals surface area (Å²) in [6.07, 6.45) is 7.10. The Labute approximate surface area is 440 Å². The Kier molecular flexibility index (Phi) is 16.5. The minimum atomic E-state index is 0. The molecule has 0 spiro atoms. The number of aromatic nitrogens is 5. The Bertz CT molecular complexity index is 3220. The first-order valence-corrected chi connectivity index (χ1v) is 24.8. The van der Waals surface area contributed by atoms with E-state index >= 15 is 0 Å². The molecule has 10 rings (SSSR count). The Morgan fingerprint density at radius 1 is 0.375 bits per heavy atom. The van der Waals surface area contributed by atoms with E-state index in [0.29, 0.717) is 29.5 Å². The molecule has 72 heavy (non-hydrogen) atoms. The predicted molar refractivity (Wildman–Crippen MR) is 295 cm³/mol. The molecule has 6 aromatic carbocycles. The molecule has 0 saturated carbocycles. The second kappa shape index (κ2) is 23.2. The number of hydrogen-bond acceptors (Lipinski definition) is 4. The Balaban J connectivity index is 0.000000190. The second-order valence-corrected chi connectivity index (χ2v) is 19.3. The molecule has 0 amide bonds. The first kappa shape index (κ1) is 51.0. The van der Waals surface area contributed by atoms with Gasteiger partial charge in [0.15, 0.2) is 0 Å². The molecule has 0 saturated heterocycles. The summed E-state index contributed by atoms with van der Waals surface area (Å²) in [5, 5.41) is 0. The van der Waals surface area contributed by atoms with Crippen molar-refractivity contribution in [3.8, 4) is 89.8 Å². The van der Waals surface area contributed by atoms with Gasteiger partial charge in [0.05, 0.1) is 5.69 Å². The van der Waals surface area contributed by atoms with Gasteiger partial charge >= 0.3 is 20.1 Å². The molecule has 5 nitrogen and oxygen atoms in total. The summed E-state index contributed by atoms with van der Waals surface area (Å²) in [6, 6.07) is 66.5. The summed E-state index contributed by atoms with van der Waals surface area (Å²) in [4.78, 5) is 23.1. The number of nitrogens with zero attached hydrogens (tertiary/aromatic N) is 5. The Morgan fingerprint density at radius 2 is 0.819 bits per heavy atom. The van der Waals surface area contributed by atoms with Crippen molar-refractivity contribution in [2.75, 3.05) is 0 Å². The van der Waals surface area contributed by atoms with Gasteiger partial charge in [-0.15, -0.1) is 54.1 Å². The fraction of sp³-hybridized carbons (Fsp3) is 0.182. The van der Waals surface area contributed by atoms with Crippen LogP contribution in [-0.4, -0.2) is 19.9 Å². The van der Waals surface area contributed by atoms with Gasteiger partial charge in [-0.2, -0.15) is 0 Å². The number of hydrogen-bond donors (Lipinski definition) is 0. The van der Waals surface area contributed by atoms with E-state index in [9.17, 15) is 0 Å². The maximum absolute atomic E-state index is 4.93. The summed E-state index contributed by atoms with van der Waals surface area (Å²) in [6.45, 7) is 18.2. The van der Waals surface area contributed by atoms with Gasteiger partial charge in [-0.1, -0.05) is 200 Å². The van der Waals surface area contributed by atoms with Crippen LogP contribution in [0.15, 0.2) is 195 Å². The van der Waals surface area contributed by atoms with Crippen LogP contribution in [0.1, 0.15) is 101 Å². The van der Waals surface area contributed by atoms with Gasteiger partial charge in [0.1, 0.15) is 0 Å². The van der Waals surface area contributed by atoms with Crippen LogP contribution < -0.4 is 4.98 Å². The van der Waals surface area contributed by atoms with Crippen LogP contribution in [0.5, 0.6) is 0 Å². The zero-order chi connectivity index (χ0) is 49.4. The van der Waals surface area contributed by atoms with Crippen molar-refractivity contribution < 1.29 is 20.1 Å². The van der Waals surface area contributed by atoms with Crippen LogP contribution in [0.3, 0.4) is 0 Å². The van der Waals surface area contributed by atoms with Crippen molar-refractivity contribution >= 4 is 0 Å². The molecule has 0 N–H and O–H groups in total. The van der Waals surface area contributed by atoms with E-state index in [2.05, 4.69) is 197 Å². The molecular weight excluding hydrogens is 1050 g/mol. The van der Waals surface area contributed by atoms with Crippen molar-refractivity contribution in [2.45, 2.75) is 79.1 Å². The van der Waals surface area contributed by atoms with Gasteiger partial charge in [-0.25, -0.2) is 0 Å². The molecule has 0 radical (unpaired) electrons. The molecule has 0 fully saturated rings. The smallest absolute Gasteiger partial charge is 0.441 e. The Morgan fingerprint density at radius 3 is 1.22 bits per heavy atom. The third-order valence-corrected chi connectivity index (χ3v) is 12.9. The monoisotopic (exact) mass is 1120 g/mol. The van der Waals surface area contributed by atoms with E-state index in [1.165, 1.54) is 61.2 Å². The van der Waals surface area contributed by atoms with Gasteiger partial charge in [0.2, 0.25) is 0 Å². The molecule has 6 heteroatoms. The van der Waals surface area contributed by atoms with Crippen LogP contribution in [0, 0.1) is 12.1 Å². The van der Waals surface area contributed by atoms with E-state index in [-0.39, 0.29) is 20.1 Å². The molecule has 0 atom stereocenters. The number of imidazole rings is 1. The minimum Gasteiger partial charge on any atom is -0.441 e. The molecule has 0 bridgehead atoms. The number of pyridine rings is 3. The maximum Gasteiger partial charge on any atom is 3.00 e. The molecule has 358 valence electrons. The average Bonchev–Trinajstić information content (AvgIpc) is 3.97. The van der Waals surface area contributed by atoms with E-state index in [1.54, 1.807) is 12.4 Å². The number of benzene rings is 6. The zero-order valence-electron chi connectivity index (χ0n) is 42.4. The first-order chi connectivity index (χ1) is 34.5. The van der Waals surface area contributed by atoms with Gasteiger partial charge in [-0.05, 0) is 115 Å². The molecule has 0 aliphatic carbocycles. The van der Waals surface area contributed by atoms with Crippen molar-refractivity contribution in [1.82, 2.24) is 24.9 Å². The van der Waals surface area contributed by atoms with Gasteiger partial charge in [0, 0.05) is 23.8 Å². The van der Waals surface area contributed by atoms with Gasteiger partial charge < -0.3 is 9.97 Å². The molecule has 4 heterocycles. The van der Waals surface area contributed by atoms with Crippen molar-refractivity contribution in [3.63, 3.8) is 0 Å². The fourth-order valence-electron chi connectivity index (χ4n) is 9.35. The SMILES string of the molecule is CC(C)c1cc(-c2ccccc2)cc(C(C)C)c1-c1cc(-c2[c-]cccc2)nc(-c2ncc[n-]2)c1.CC(C)c1cc(-c2ccccc2)cc(C(C)C)c1-c1cc(-c2ccccn2)[c-]c(-c2ccccn2)c1.[Ir+3]. The minimum absolute atomic E-state index is 0. The average molecular weight is 1120 g/mol. The van der Waals surface area contributed by atoms with Gasteiger partial charge in [0.25, 0.3) is 0 Å². The summed E-state index contributed by atoms with van der Waals surface area (Å²) < 4.78 is 0. The maximum atomic E-state index is 4.93. The number of rotatable bonds is 12. The topological polar surface area (TPSA) is 65.7 Å². The third-order valence-electron chi connectivity index (χ3n) is 12.9. The zero-order valence-corrected chi connectivity index (χ0v) is 44.7. The quantitative estimate of drug-likeness (QED) is 0.114. The van der Waals surface area contributed by atoms with Crippen LogP contribution in [0.4, 0.5) is 0 Å². The standard InChI is InChI=1S/C34H31N2.C32H29N3.Ir/c1-23(2)30-21-26(25-12-6-5-7-13-25)22-31(24(3)4)34(30)29-19-27(32-14-8-10-16-35-32)18-28(20-29)33-15-9-11-17-36-33;1-21(2)27-17-25(23-11-7-5-8-12-23)18-28(22(3)4)31(27)26-19-29(24-13-9-6-10-14-24)35-30(20-26)32-33-15-16-34-32;/h5-17,19-24H,1-4H3;5-13,15-22H,1-4H3;/q-1;-2;+3. The van der Waals surface area contributed by atoms with Crippen LogP contribution >= 0.6 is 0 Å². The van der Waals surface area contributed by atoms with Crippen molar-refractivity contribution in [2.24, 2.45) is 0 Å². The van der Waals surface area contributed by atoms with E-state index in [1.807, 2.05) is 73.1 Å². The van der Waals surface area contributed by atoms with Crippen LogP contribution in [0.25, 0.3) is 89.8 Å². The summed E-state index contributed by atoms with van der Waals surface area (Å²) in [7, 11) is 0. The van der Waals surface area contributed by atoms with Crippen molar-refractivity contribution in [1.29, 1.82) is 0 Å². The molecule has 10 aromatic rings. The summed E-state index contributed by atoms with van der Waals surface area (Å²) in [5.41, 5.74) is 21.7. The molecule has 0 aliphatic rings. The predicted octanol–water partition coefficient (Wildman–Crippen LogP) is 17.3. The largest absolute Gasteiger partial charge is 3.00 e. The van der Waals surface area contributed by atoms with Crippen LogP contribution in [-0.2, 0) is 20.1 Å². The molecular formula is C66H60IrN5. The summed E-state index contributed by atoms with van der Waals surface area (Å²) in [5.74, 6) is 2.07. The first-order valence-electron chi connectivity index (χ1n) is 24.8.